The Morgan fingerprint density at radius 1 is 1.17 bits per heavy atom. The summed E-state index contributed by atoms with van der Waals surface area (Å²) in [6.45, 7) is 0. The average molecular weight is 163 g/mol. The van der Waals surface area contributed by atoms with Crippen molar-refractivity contribution in [3.63, 3.8) is 0 Å². The second kappa shape index (κ2) is 2.04. The van der Waals surface area contributed by atoms with Gasteiger partial charge in [-0.1, -0.05) is 0 Å². The van der Waals surface area contributed by atoms with Crippen LogP contribution in [0.3, 0.4) is 0 Å². The summed E-state index contributed by atoms with van der Waals surface area (Å²) in [5.74, 6) is 0.349. The quantitative estimate of drug-likeness (QED) is 0.419. The number of anilines is 3. The van der Waals surface area contributed by atoms with E-state index in [9.17, 15) is 0 Å². The maximum absolute atomic E-state index is 5.65. The first kappa shape index (κ1) is 6.78. The Labute approximate surface area is 68.6 Å². The van der Waals surface area contributed by atoms with Gasteiger partial charge in [-0.3, -0.25) is 0 Å². The van der Waals surface area contributed by atoms with Gasteiger partial charge < -0.3 is 22.2 Å². The van der Waals surface area contributed by atoms with Crippen LogP contribution in [0, 0.1) is 0 Å². The molecule has 2 aromatic rings. The highest BCUT2D eigenvalue weighted by atomic mass is 15.0. The molecule has 0 bridgehead atoms. The fourth-order valence-corrected chi connectivity index (χ4v) is 1.19. The maximum Gasteiger partial charge on any atom is 0.198 e. The number of hydrogen-bond donors (Lipinski definition) is 4. The number of nitrogens with one attached hydrogen (secondary N) is 1. The average Bonchev–Trinajstić information content (AvgIpc) is 2.29. The highest BCUT2D eigenvalue weighted by Gasteiger charge is 2.03. The molecule has 0 fully saturated rings. The van der Waals surface area contributed by atoms with Gasteiger partial charge in [0.15, 0.2) is 5.95 Å². The molecule has 0 aliphatic heterocycles. The van der Waals surface area contributed by atoms with Gasteiger partial charge in [-0.2, -0.15) is 0 Å². The molecular formula is C7H9N5. The van der Waals surface area contributed by atoms with E-state index >= 15 is 0 Å². The van der Waals surface area contributed by atoms with Crippen molar-refractivity contribution in [2.75, 3.05) is 17.2 Å². The Hall–Kier alpha value is -1.91. The molecule has 0 amide bonds. The fourth-order valence-electron chi connectivity index (χ4n) is 1.19. The normalized spacial score (nSPS) is 10.7. The molecule has 2 rings (SSSR count). The monoisotopic (exact) mass is 163 g/mol. The molecule has 0 radical (unpaired) electrons. The lowest BCUT2D eigenvalue weighted by Gasteiger charge is -1.96. The van der Waals surface area contributed by atoms with Crippen LogP contribution in [0.15, 0.2) is 12.1 Å². The molecule has 1 aromatic carbocycles. The Morgan fingerprint density at radius 3 is 2.67 bits per heavy atom. The lowest BCUT2D eigenvalue weighted by atomic mass is 10.2. The van der Waals surface area contributed by atoms with Gasteiger partial charge in [0.1, 0.15) is 5.52 Å². The third kappa shape index (κ3) is 0.833. The molecule has 5 nitrogen and oxygen atoms in total. The Bertz CT molecular complexity index is 431. The van der Waals surface area contributed by atoms with Crippen molar-refractivity contribution < 1.29 is 0 Å². The summed E-state index contributed by atoms with van der Waals surface area (Å²) in [7, 11) is 0. The first-order chi connectivity index (χ1) is 5.66. The van der Waals surface area contributed by atoms with E-state index in [4.69, 9.17) is 17.2 Å². The zero-order chi connectivity index (χ0) is 8.72. The summed E-state index contributed by atoms with van der Waals surface area (Å²) >= 11 is 0. The largest absolute Gasteiger partial charge is 0.399 e. The van der Waals surface area contributed by atoms with Crippen molar-refractivity contribution in [3.8, 4) is 0 Å². The van der Waals surface area contributed by atoms with E-state index in [1.54, 1.807) is 12.1 Å². The smallest absolute Gasteiger partial charge is 0.198 e. The van der Waals surface area contributed by atoms with Gasteiger partial charge in [-0.05, 0) is 12.1 Å². The van der Waals surface area contributed by atoms with Crippen molar-refractivity contribution in [3.05, 3.63) is 12.1 Å². The fraction of sp³-hybridized carbons (Fsp3) is 0. The minimum atomic E-state index is 0.349. The van der Waals surface area contributed by atoms with E-state index in [2.05, 4.69) is 9.97 Å². The van der Waals surface area contributed by atoms with Crippen molar-refractivity contribution in [2.24, 2.45) is 0 Å². The van der Waals surface area contributed by atoms with Gasteiger partial charge in [-0.15, -0.1) is 0 Å². The Morgan fingerprint density at radius 2 is 1.92 bits per heavy atom. The Balaban J connectivity index is 2.88. The van der Waals surface area contributed by atoms with Crippen molar-refractivity contribution >= 4 is 28.4 Å². The van der Waals surface area contributed by atoms with Gasteiger partial charge >= 0.3 is 0 Å². The van der Waals surface area contributed by atoms with Crippen LogP contribution in [-0.4, -0.2) is 9.97 Å². The predicted molar refractivity (Wildman–Crippen MR) is 49.3 cm³/mol. The van der Waals surface area contributed by atoms with Gasteiger partial charge in [0.25, 0.3) is 0 Å². The molecule has 0 aliphatic rings. The van der Waals surface area contributed by atoms with Gasteiger partial charge in [0.2, 0.25) is 0 Å². The molecule has 0 atom stereocenters. The lowest BCUT2D eigenvalue weighted by Crippen LogP contribution is -1.90. The minimum absolute atomic E-state index is 0.349. The van der Waals surface area contributed by atoms with Crippen LogP contribution in [0.5, 0.6) is 0 Å². The summed E-state index contributed by atoms with van der Waals surface area (Å²) in [5.41, 5.74) is 19.2. The number of nitrogens with two attached hydrogens (primary N) is 3. The molecule has 0 saturated carbocycles. The molecule has 7 N–H and O–H groups in total. The Kier molecular flexibility index (Phi) is 1.15. The molecule has 0 aliphatic carbocycles. The van der Waals surface area contributed by atoms with Gasteiger partial charge in [-0.25, -0.2) is 4.98 Å². The number of H-pyrrole nitrogens is 1. The number of nitrogens with zero attached hydrogens (tertiary/aromatic N) is 1. The van der Waals surface area contributed by atoms with Crippen molar-refractivity contribution in [2.45, 2.75) is 0 Å². The first-order valence-electron chi connectivity index (χ1n) is 3.47. The number of rotatable bonds is 0. The molecule has 62 valence electrons. The van der Waals surface area contributed by atoms with E-state index < -0.39 is 0 Å². The van der Waals surface area contributed by atoms with Crippen LogP contribution >= 0.6 is 0 Å². The van der Waals surface area contributed by atoms with Gasteiger partial charge in [0, 0.05) is 5.69 Å². The van der Waals surface area contributed by atoms with Crippen LogP contribution in [0.4, 0.5) is 17.3 Å². The molecular weight excluding hydrogens is 154 g/mol. The molecule has 5 heteroatoms. The van der Waals surface area contributed by atoms with Crippen LogP contribution in [-0.2, 0) is 0 Å². The standard InChI is InChI=1S/C7H9N5/c8-3-1-4(9)6-5(2-3)11-7(10)12-6/h1-2H,8-9H2,(H3,10,11,12). The summed E-state index contributed by atoms with van der Waals surface area (Å²) in [5, 5.41) is 0. The molecule has 0 saturated heterocycles. The number of nitrogen functional groups attached to an aromatic ring is 3. The van der Waals surface area contributed by atoms with E-state index in [-0.39, 0.29) is 0 Å². The van der Waals surface area contributed by atoms with Crippen molar-refractivity contribution in [1.82, 2.24) is 9.97 Å². The number of aromatic nitrogens is 2. The molecule has 1 aromatic heterocycles. The van der Waals surface area contributed by atoms with E-state index in [0.29, 0.717) is 22.8 Å². The zero-order valence-corrected chi connectivity index (χ0v) is 6.33. The second-order valence-corrected chi connectivity index (χ2v) is 2.63. The van der Waals surface area contributed by atoms with Crippen LogP contribution in [0.1, 0.15) is 0 Å². The number of fused-ring (bicyclic) bond motifs is 1. The number of aromatic amines is 1. The number of hydrogen-bond acceptors (Lipinski definition) is 4. The number of benzene rings is 1. The number of imidazole rings is 1. The summed E-state index contributed by atoms with van der Waals surface area (Å²) in [6, 6.07) is 3.40. The third-order valence-electron chi connectivity index (χ3n) is 1.66. The molecule has 0 spiro atoms. The van der Waals surface area contributed by atoms with Crippen LogP contribution in [0.2, 0.25) is 0 Å². The minimum Gasteiger partial charge on any atom is -0.399 e. The highest BCUT2D eigenvalue weighted by Crippen LogP contribution is 2.22. The third-order valence-corrected chi connectivity index (χ3v) is 1.66. The predicted octanol–water partition coefficient (Wildman–Crippen LogP) is 0.309. The lowest BCUT2D eigenvalue weighted by molar-refractivity contribution is 1.35. The van der Waals surface area contributed by atoms with Crippen molar-refractivity contribution in [1.29, 1.82) is 0 Å². The van der Waals surface area contributed by atoms with Gasteiger partial charge in [0.05, 0.1) is 11.2 Å². The van der Waals surface area contributed by atoms with E-state index in [1.807, 2.05) is 0 Å². The SMILES string of the molecule is Nc1cc(N)c2nc(N)[nH]c2c1. The molecule has 12 heavy (non-hydrogen) atoms. The van der Waals surface area contributed by atoms with E-state index in [1.165, 1.54) is 0 Å². The summed E-state index contributed by atoms with van der Waals surface area (Å²) < 4.78 is 0. The summed E-state index contributed by atoms with van der Waals surface area (Å²) in [6.07, 6.45) is 0. The highest BCUT2D eigenvalue weighted by molar-refractivity contribution is 5.91. The van der Waals surface area contributed by atoms with E-state index in [0.717, 1.165) is 5.52 Å². The summed E-state index contributed by atoms with van der Waals surface area (Å²) in [4.78, 5) is 6.84. The van der Waals surface area contributed by atoms with Crippen LogP contribution < -0.4 is 17.2 Å². The molecule has 0 unspecified atom stereocenters. The second-order valence-electron chi connectivity index (χ2n) is 2.63. The maximum atomic E-state index is 5.65. The zero-order valence-electron chi connectivity index (χ0n) is 6.33. The van der Waals surface area contributed by atoms with Crippen LogP contribution in [0.25, 0.3) is 11.0 Å². The first-order valence-corrected chi connectivity index (χ1v) is 3.47. The topological polar surface area (TPSA) is 107 Å². The molecule has 1 heterocycles.